The fourth-order valence-electron chi connectivity index (χ4n) is 1.50. The number of methoxy groups -OCH3 is 1. The molecule has 1 aliphatic heterocycles. The van der Waals surface area contributed by atoms with Crippen LogP contribution in [0.3, 0.4) is 0 Å². The molecule has 1 saturated heterocycles. The van der Waals surface area contributed by atoms with E-state index in [1.807, 2.05) is 0 Å². The molecule has 6 heteroatoms. The number of carbonyl (C=O) groups is 2. The summed E-state index contributed by atoms with van der Waals surface area (Å²) < 4.78 is 4.69. The van der Waals surface area contributed by atoms with E-state index in [9.17, 15) is 9.59 Å². The van der Waals surface area contributed by atoms with Crippen LogP contribution in [0.5, 0.6) is 0 Å². The molecule has 0 aliphatic carbocycles. The lowest BCUT2D eigenvalue weighted by Gasteiger charge is -2.14. The van der Waals surface area contributed by atoms with Crippen LogP contribution in [-0.2, 0) is 14.3 Å². The number of carbonyl (C=O) groups excluding carboxylic acids is 1. The fraction of sp³-hybridized carbons (Fsp3) is 0.778. The van der Waals surface area contributed by atoms with Crippen molar-refractivity contribution >= 4 is 11.9 Å². The van der Waals surface area contributed by atoms with E-state index in [0.717, 1.165) is 19.4 Å². The zero-order chi connectivity index (χ0) is 11.3. The van der Waals surface area contributed by atoms with Crippen LogP contribution in [0.15, 0.2) is 0 Å². The summed E-state index contributed by atoms with van der Waals surface area (Å²) in [4.78, 5) is 22.0. The van der Waals surface area contributed by atoms with Crippen LogP contribution in [-0.4, -0.2) is 49.3 Å². The van der Waals surface area contributed by atoms with Crippen LogP contribution >= 0.6 is 0 Å². The first kappa shape index (κ1) is 11.9. The number of rotatable bonds is 5. The molecule has 6 nitrogen and oxygen atoms in total. The van der Waals surface area contributed by atoms with Crippen LogP contribution in [0.4, 0.5) is 0 Å². The maximum Gasteiger partial charge on any atom is 0.334 e. The molecule has 0 aromatic heterocycles. The van der Waals surface area contributed by atoms with Crippen LogP contribution < -0.4 is 10.6 Å². The van der Waals surface area contributed by atoms with Crippen molar-refractivity contribution in [1.29, 1.82) is 0 Å². The Labute approximate surface area is 88.0 Å². The Morgan fingerprint density at radius 1 is 1.67 bits per heavy atom. The molecule has 1 heterocycles. The monoisotopic (exact) mass is 216 g/mol. The van der Waals surface area contributed by atoms with Gasteiger partial charge in [-0.25, -0.2) is 4.79 Å². The number of carboxylic acids is 1. The number of carboxylic acid groups (broad SMARTS) is 1. The van der Waals surface area contributed by atoms with Crippen molar-refractivity contribution in [2.24, 2.45) is 0 Å². The predicted molar refractivity (Wildman–Crippen MR) is 52.5 cm³/mol. The van der Waals surface area contributed by atoms with Gasteiger partial charge >= 0.3 is 5.97 Å². The average molecular weight is 216 g/mol. The Hall–Kier alpha value is -1.14. The van der Waals surface area contributed by atoms with E-state index in [2.05, 4.69) is 10.6 Å². The highest BCUT2D eigenvalue weighted by Crippen LogP contribution is 2.04. The van der Waals surface area contributed by atoms with Gasteiger partial charge < -0.3 is 20.5 Å². The normalized spacial score (nSPS) is 22.3. The predicted octanol–water partition coefficient (Wildman–Crippen LogP) is -1.05. The molecule has 0 radical (unpaired) electrons. The molecule has 2 atom stereocenters. The molecular formula is C9H16N2O4. The highest BCUT2D eigenvalue weighted by Gasteiger charge is 2.24. The summed E-state index contributed by atoms with van der Waals surface area (Å²) in [7, 11) is 1.30. The summed E-state index contributed by atoms with van der Waals surface area (Å²) in [5, 5.41) is 14.2. The molecule has 1 aliphatic rings. The Morgan fingerprint density at radius 2 is 2.40 bits per heavy atom. The Morgan fingerprint density at radius 3 is 2.87 bits per heavy atom. The van der Waals surface area contributed by atoms with E-state index < -0.39 is 12.1 Å². The molecule has 1 unspecified atom stereocenters. The van der Waals surface area contributed by atoms with Crippen molar-refractivity contribution in [3.05, 3.63) is 0 Å². The van der Waals surface area contributed by atoms with Crippen LogP contribution in [0, 0.1) is 0 Å². The maximum absolute atomic E-state index is 11.5. The van der Waals surface area contributed by atoms with Gasteiger partial charge in [-0.3, -0.25) is 4.79 Å². The molecule has 0 aromatic rings. The van der Waals surface area contributed by atoms with Crippen molar-refractivity contribution in [3.8, 4) is 0 Å². The van der Waals surface area contributed by atoms with Gasteiger partial charge in [0, 0.05) is 7.11 Å². The van der Waals surface area contributed by atoms with Crippen molar-refractivity contribution in [2.45, 2.75) is 25.0 Å². The molecular weight excluding hydrogens is 200 g/mol. The third kappa shape index (κ3) is 3.49. The number of hydrogen-bond acceptors (Lipinski definition) is 4. The summed E-state index contributed by atoms with van der Waals surface area (Å²) in [6, 6.07) is -0.184. The first-order valence-corrected chi connectivity index (χ1v) is 4.92. The van der Waals surface area contributed by atoms with Gasteiger partial charge in [0.15, 0.2) is 6.10 Å². The fourth-order valence-corrected chi connectivity index (χ4v) is 1.50. The van der Waals surface area contributed by atoms with Crippen molar-refractivity contribution in [2.75, 3.05) is 20.2 Å². The summed E-state index contributed by atoms with van der Waals surface area (Å²) in [6.07, 6.45) is 0.803. The second kappa shape index (κ2) is 5.67. The molecule has 0 bridgehead atoms. The molecule has 1 fully saturated rings. The second-order valence-electron chi connectivity index (χ2n) is 3.46. The summed E-state index contributed by atoms with van der Waals surface area (Å²) in [5.74, 6) is -1.23. The lowest BCUT2D eigenvalue weighted by atomic mass is 10.2. The summed E-state index contributed by atoms with van der Waals surface area (Å²) in [5.41, 5.74) is 0. The summed E-state index contributed by atoms with van der Waals surface area (Å²) in [6.45, 7) is 0.841. The van der Waals surface area contributed by atoms with Gasteiger partial charge in [0.2, 0.25) is 5.91 Å². The van der Waals surface area contributed by atoms with E-state index in [-0.39, 0.29) is 18.5 Å². The van der Waals surface area contributed by atoms with Gasteiger partial charge in [-0.1, -0.05) is 0 Å². The average Bonchev–Trinajstić information content (AvgIpc) is 2.70. The highest BCUT2D eigenvalue weighted by molar-refractivity contribution is 5.83. The third-order valence-corrected chi connectivity index (χ3v) is 2.40. The zero-order valence-corrected chi connectivity index (χ0v) is 8.66. The molecule has 86 valence electrons. The first-order chi connectivity index (χ1) is 7.15. The SMILES string of the molecule is COC(CNC(=O)[C@H]1CCCN1)C(=O)O. The number of hydrogen-bond donors (Lipinski definition) is 3. The first-order valence-electron chi connectivity index (χ1n) is 4.92. The van der Waals surface area contributed by atoms with Crippen molar-refractivity contribution in [3.63, 3.8) is 0 Å². The molecule has 3 N–H and O–H groups in total. The second-order valence-corrected chi connectivity index (χ2v) is 3.46. The van der Waals surface area contributed by atoms with Gasteiger partial charge in [0.05, 0.1) is 12.6 Å². The highest BCUT2D eigenvalue weighted by atomic mass is 16.5. The van der Waals surface area contributed by atoms with Crippen LogP contribution in [0.1, 0.15) is 12.8 Å². The largest absolute Gasteiger partial charge is 0.479 e. The Bertz CT molecular complexity index is 238. The van der Waals surface area contributed by atoms with Gasteiger partial charge in [-0.05, 0) is 19.4 Å². The minimum absolute atomic E-state index is 0.00282. The Balaban J connectivity index is 2.28. The van der Waals surface area contributed by atoms with Gasteiger partial charge in [0.25, 0.3) is 0 Å². The molecule has 15 heavy (non-hydrogen) atoms. The molecule has 0 aromatic carbocycles. The number of ether oxygens (including phenoxy) is 1. The quantitative estimate of drug-likeness (QED) is 0.546. The lowest BCUT2D eigenvalue weighted by Crippen LogP contribution is -2.45. The maximum atomic E-state index is 11.5. The lowest BCUT2D eigenvalue weighted by molar-refractivity contribution is -0.148. The minimum Gasteiger partial charge on any atom is -0.479 e. The van der Waals surface area contributed by atoms with Crippen LogP contribution in [0.25, 0.3) is 0 Å². The standard InChI is InChI=1S/C9H16N2O4/c1-15-7(9(13)14)5-11-8(12)6-3-2-4-10-6/h6-7,10H,2-5H2,1H3,(H,11,12)(H,13,14)/t6-,7?/m1/s1. The van der Waals surface area contributed by atoms with E-state index in [0.29, 0.717) is 0 Å². The van der Waals surface area contributed by atoms with E-state index in [4.69, 9.17) is 9.84 Å². The molecule has 1 rings (SSSR count). The van der Waals surface area contributed by atoms with Gasteiger partial charge in [-0.2, -0.15) is 0 Å². The topological polar surface area (TPSA) is 87.7 Å². The smallest absolute Gasteiger partial charge is 0.334 e. The summed E-state index contributed by atoms with van der Waals surface area (Å²) >= 11 is 0. The zero-order valence-electron chi connectivity index (χ0n) is 8.66. The van der Waals surface area contributed by atoms with Crippen molar-refractivity contribution < 1.29 is 19.4 Å². The number of nitrogens with one attached hydrogen (secondary N) is 2. The minimum atomic E-state index is -1.07. The van der Waals surface area contributed by atoms with Gasteiger partial charge in [-0.15, -0.1) is 0 Å². The van der Waals surface area contributed by atoms with Crippen molar-refractivity contribution in [1.82, 2.24) is 10.6 Å². The number of amides is 1. The molecule has 1 amide bonds. The molecule has 0 saturated carbocycles. The van der Waals surface area contributed by atoms with E-state index in [1.165, 1.54) is 7.11 Å². The van der Waals surface area contributed by atoms with Crippen LogP contribution in [0.2, 0.25) is 0 Å². The number of aliphatic carboxylic acids is 1. The van der Waals surface area contributed by atoms with E-state index in [1.54, 1.807) is 0 Å². The molecule has 0 spiro atoms. The van der Waals surface area contributed by atoms with E-state index >= 15 is 0 Å². The Kier molecular flexibility index (Phi) is 4.51. The van der Waals surface area contributed by atoms with Gasteiger partial charge in [0.1, 0.15) is 0 Å². The third-order valence-electron chi connectivity index (χ3n) is 2.40.